The molecular weight excluding hydrogens is 188 g/mol. The molecule has 0 aliphatic heterocycles. The number of thiazole rings is 1. The van der Waals surface area contributed by atoms with Crippen LogP contribution < -0.4 is 0 Å². The summed E-state index contributed by atoms with van der Waals surface area (Å²) in [7, 11) is 0. The number of imidazole rings is 1. The van der Waals surface area contributed by atoms with Gasteiger partial charge in [0.15, 0.2) is 4.96 Å². The Morgan fingerprint density at radius 3 is 2.62 bits per heavy atom. The summed E-state index contributed by atoms with van der Waals surface area (Å²) >= 11 is 1.72. The van der Waals surface area contributed by atoms with Crippen molar-refractivity contribution in [2.24, 2.45) is 0 Å². The van der Waals surface area contributed by atoms with Crippen LogP contribution in [0.4, 0.5) is 0 Å². The molecule has 2 rings (SSSR count). The molecule has 0 N–H and O–H groups in total. The lowest BCUT2D eigenvalue weighted by Crippen LogP contribution is -1.77. The van der Waals surface area contributed by atoms with Crippen molar-refractivity contribution >= 4 is 22.4 Å². The van der Waals surface area contributed by atoms with Gasteiger partial charge in [-0.15, -0.1) is 11.3 Å². The minimum atomic E-state index is 0.250. The Bertz CT molecular complexity index is 438. The summed E-state index contributed by atoms with van der Waals surface area (Å²) in [5.74, 6) is 0. The minimum absolute atomic E-state index is 0.250. The fourth-order valence-electron chi connectivity index (χ4n) is 1.01. The Balaban J connectivity index is 0.000000251. The van der Waals surface area contributed by atoms with Gasteiger partial charge in [-0.1, -0.05) is 0 Å². The maximum atomic E-state index is 8.12. The van der Waals surface area contributed by atoms with Crippen molar-refractivity contribution in [1.29, 1.82) is 0 Å². The van der Waals surface area contributed by atoms with E-state index >= 15 is 0 Å². The zero-order chi connectivity index (χ0) is 9.84. The number of aromatic nitrogens is 2. The Morgan fingerprint density at radius 1 is 1.46 bits per heavy atom. The van der Waals surface area contributed by atoms with Crippen LogP contribution in [0.3, 0.4) is 0 Å². The summed E-state index contributed by atoms with van der Waals surface area (Å²) in [6.07, 6.45) is 4.26. The molecule has 0 aliphatic rings. The van der Waals surface area contributed by atoms with Crippen molar-refractivity contribution in [1.82, 2.24) is 9.38 Å². The number of hydrogen-bond donors (Lipinski definition) is 0. The Hall–Kier alpha value is -1.45. The highest BCUT2D eigenvalue weighted by Gasteiger charge is 2.00. The normalized spacial score (nSPS) is 9.08. The Labute approximate surface area is 78.8 Å². The van der Waals surface area contributed by atoms with E-state index in [-0.39, 0.29) is 6.15 Å². The maximum Gasteiger partial charge on any atom is 0.373 e. The van der Waals surface area contributed by atoms with E-state index in [0.717, 1.165) is 4.96 Å². The van der Waals surface area contributed by atoms with Gasteiger partial charge < -0.3 is 0 Å². The van der Waals surface area contributed by atoms with Crippen molar-refractivity contribution < 1.29 is 9.59 Å². The summed E-state index contributed by atoms with van der Waals surface area (Å²) in [5, 5.41) is 0. The van der Waals surface area contributed by atoms with Gasteiger partial charge in [-0.2, -0.15) is 9.59 Å². The molecular formula is C8H8N2O2S. The number of fused-ring (bicyclic) bond motifs is 1. The largest absolute Gasteiger partial charge is 0.373 e. The Kier molecular flexibility index (Phi) is 2.95. The molecule has 4 nitrogen and oxygen atoms in total. The highest BCUT2D eigenvalue weighted by Crippen LogP contribution is 2.16. The average Bonchev–Trinajstić information content (AvgIpc) is 2.55. The van der Waals surface area contributed by atoms with Gasteiger partial charge in [0.2, 0.25) is 0 Å². The van der Waals surface area contributed by atoms with Gasteiger partial charge in [0, 0.05) is 23.0 Å². The molecule has 13 heavy (non-hydrogen) atoms. The van der Waals surface area contributed by atoms with E-state index in [2.05, 4.69) is 29.4 Å². The lowest BCUT2D eigenvalue weighted by molar-refractivity contribution is -0.191. The second-order valence-electron chi connectivity index (χ2n) is 2.48. The smallest absolute Gasteiger partial charge is 0.295 e. The van der Waals surface area contributed by atoms with E-state index in [1.807, 2.05) is 6.20 Å². The van der Waals surface area contributed by atoms with E-state index in [1.165, 1.54) is 10.6 Å². The van der Waals surface area contributed by atoms with Crippen LogP contribution in [0, 0.1) is 13.8 Å². The van der Waals surface area contributed by atoms with Crippen molar-refractivity contribution in [3.05, 3.63) is 23.0 Å². The van der Waals surface area contributed by atoms with Crippen LogP contribution in [0.15, 0.2) is 12.4 Å². The van der Waals surface area contributed by atoms with E-state index in [0.29, 0.717) is 0 Å². The van der Waals surface area contributed by atoms with Gasteiger partial charge in [0.05, 0.1) is 0 Å². The third-order valence-corrected chi connectivity index (χ3v) is 2.42. The van der Waals surface area contributed by atoms with Crippen LogP contribution in [0.5, 0.6) is 0 Å². The van der Waals surface area contributed by atoms with Crippen molar-refractivity contribution in [2.45, 2.75) is 13.8 Å². The maximum absolute atomic E-state index is 8.12. The van der Waals surface area contributed by atoms with Gasteiger partial charge >= 0.3 is 6.15 Å². The fraction of sp³-hybridized carbons (Fsp3) is 0.250. The molecule has 2 heterocycles. The summed E-state index contributed by atoms with van der Waals surface area (Å²) in [6, 6.07) is 0. The molecule has 0 aromatic carbocycles. The lowest BCUT2D eigenvalue weighted by Gasteiger charge is -1.82. The highest BCUT2D eigenvalue weighted by atomic mass is 32.1. The molecule has 0 aliphatic carbocycles. The molecule has 0 atom stereocenters. The molecule has 0 amide bonds. The zero-order valence-corrected chi connectivity index (χ0v) is 8.09. The summed E-state index contributed by atoms with van der Waals surface area (Å²) < 4.78 is 2.11. The lowest BCUT2D eigenvalue weighted by atomic mass is 10.5. The number of rotatable bonds is 0. The van der Waals surface area contributed by atoms with Gasteiger partial charge in [-0.3, -0.25) is 4.40 Å². The average molecular weight is 196 g/mol. The van der Waals surface area contributed by atoms with Crippen LogP contribution in [0.2, 0.25) is 0 Å². The van der Waals surface area contributed by atoms with E-state index < -0.39 is 0 Å². The molecule has 0 saturated carbocycles. The monoisotopic (exact) mass is 196 g/mol. The molecule has 0 unspecified atom stereocenters. The summed E-state index contributed by atoms with van der Waals surface area (Å²) in [6.45, 7) is 4.16. The second-order valence-corrected chi connectivity index (χ2v) is 3.69. The van der Waals surface area contributed by atoms with Crippen LogP contribution in [0.1, 0.15) is 10.6 Å². The summed E-state index contributed by atoms with van der Waals surface area (Å²) in [5.41, 5.74) is 1.21. The molecule has 2 aromatic rings. The van der Waals surface area contributed by atoms with E-state index in [1.54, 1.807) is 11.3 Å². The fourth-order valence-corrected chi connectivity index (χ4v) is 1.86. The highest BCUT2D eigenvalue weighted by molar-refractivity contribution is 7.16. The number of nitrogens with zero attached hydrogens (tertiary/aromatic N) is 2. The molecule has 2 aromatic heterocycles. The topological polar surface area (TPSA) is 51.4 Å². The van der Waals surface area contributed by atoms with Crippen LogP contribution in [0.25, 0.3) is 4.96 Å². The number of aryl methyl sites for hydroxylation is 2. The Morgan fingerprint density at radius 2 is 2.08 bits per heavy atom. The van der Waals surface area contributed by atoms with Gasteiger partial charge in [0.25, 0.3) is 0 Å². The zero-order valence-electron chi connectivity index (χ0n) is 7.27. The SMILES string of the molecule is Cc1cn2c(C)cnc2s1.O=C=O. The molecule has 68 valence electrons. The third kappa shape index (κ3) is 2.02. The number of carbonyl (C=O) groups excluding carboxylic acids is 2. The molecule has 0 spiro atoms. The molecule has 5 heteroatoms. The van der Waals surface area contributed by atoms with Gasteiger partial charge in [-0.25, -0.2) is 4.98 Å². The standard InChI is InChI=1S/C7H8N2S.CO2/c1-5-3-8-7-9(5)4-6(2)10-7;2-1-3/h3-4H,1-2H3;. The van der Waals surface area contributed by atoms with E-state index in [4.69, 9.17) is 9.59 Å². The first-order chi connectivity index (χ1) is 6.19. The van der Waals surface area contributed by atoms with Gasteiger partial charge in [-0.05, 0) is 13.8 Å². The van der Waals surface area contributed by atoms with Crippen LogP contribution in [-0.4, -0.2) is 15.5 Å². The summed E-state index contributed by atoms with van der Waals surface area (Å²) in [4.78, 5) is 22.9. The quantitative estimate of drug-likeness (QED) is 0.640. The van der Waals surface area contributed by atoms with Crippen molar-refractivity contribution in [2.75, 3.05) is 0 Å². The predicted molar refractivity (Wildman–Crippen MR) is 47.6 cm³/mol. The molecule has 0 bridgehead atoms. The minimum Gasteiger partial charge on any atom is -0.295 e. The van der Waals surface area contributed by atoms with Gasteiger partial charge in [0.1, 0.15) is 0 Å². The first kappa shape index (κ1) is 9.64. The number of hydrogen-bond acceptors (Lipinski definition) is 4. The van der Waals surface area contributed by atoms with Crippen molar-refractivity contribution in [3.63, 3.8) is 0 Å². The molecule has 0 fully saturated rings. The molecule has 0 radical (unpaired) electrons. The van der Waals surface area contributed by atoms with E-state index in [9.17, 15) is 0 Å². The second kappa shape index (κ2) is 3.98. The first-order valence-corrected chi connectivity index (χ1v) is 4.40. The third-order valence-electron chi connectivity index (χ3n) is 1.51. The van der Waals surface area contributed by atoms with Crippen LogP contribution in [-0.2, 0) is 9.59 Å². The predicted octanol–water partition coefficient (Wildman–Crippen LogP) is 1.43. The van der Waals surface area contributed by atoms with Crippen LogP contribution >= 0.6 is 11.3 Å². The first-order valence-electron chi connectivity index (χ1n) is 3.58. The molecule has 0 saturated heterocycles. The van der Waals surface area contributed by atoms with Crippen molar-refractivity contribution in [3.8, 4) is 0 Å².